The summed E-state index contributed by atoms with van der Waals surface area (Å²) in [5.41, 5.74) is 6.63. The molecule has 0 amide bonds. The van der Waals surface area contributed by atoms with E-state index in [4.69, 9.17) is 15.2 Å². The van der Waals surface area contributed by atoms with E-state index in [2.05, 4.69) is 15.3 Å². The lowest BCUT2D eigenvalue weighted by molar-refractivity contribution is 0.120. The quantitative estimate of drug-likeness (QED) is 0.867. The van der Waals surface area contributed by atoms with E-state index in [1.54, 1.807) is 0 Å². The highest BCUT2D eigenvalue weighted by Gasteiger charge is 2.19. The summed E-state index contributed by atoms with van der Waals surface area (Å²) in [4.78, 5) is 8.39. The van der Waals surface area contributed by atoms with Gasteiger partial charge in [-0.3, -0.25) is 0 Å². The summed E-state index contributed by atoms with van der Waals surface area (Å²) in [6, 6.07) is 0. The first-order chi connectivity index (χ1) is 10.3. The fourth-order valence-corrected chi connectivity index (χ4v) is 2.97. The summed E-state index contributed by atoms with van der Waals surface area (Å²) >= 11 is 0. The largest absolute Gasteiger partial charge is 0.473 e. The fourth-order valence-electron chi connectivity index (χ4n) is 2.97. The van der Waals surface area contributed by atoms with Gasteiger partial charge in [-0.15, -0.1) is 0 Å². The average Bonchev–Trinajstić information content (AvgIpc) is 3.03. The molecule has 3 N–H and O–H groups in total. The summed E-state index contributed by atoms with van der Waals surface area (Å²) in [5, 5.41) is 3.25. The number of rotatable bonds is 5. The Morgan fingerprint density at radius 3 is 2.81 bits per heavy atom. The summed E-state index contributed by atoms with van der Waals surface area (Å²) < 4.78 is 11.5. The molecule has 2 fully saturated rings. The lowest BCUT2D eigenvalue weighted by Crippen LogP contribution is -2.22. The van der Waals surface area contributed by atoms with Crippen molar-refractivity contribution in [3.63, 3.8) is 0 Å². The monoisotopic (exact) mass is 292 g/mol. The van der Waals surface area contributed by atoms with Gasteiger partial charge >= 0.3 is 0 Å². The molecular weight excluding hydrogens is 268 g/mol. The van der Waals surface area contributed by atoms with Gasteiger partial charge in [0.1, 0.15) is 18.1 Å². The highest BCUT2D eigenvalue weighted by atomic mass is 16.5. The van der Waals surface area contributed by atoms with E-state index in [0.29, 0.717) is 17.4 Å². The van der Waals surface area contributed by atoms with Crippen molar-refractivity contribution in [2.45, 2.75) is 57.2 Å². The highest BCUT2D eigenvalue weighted by molar-refractivity contribution is 5.66. The van der Waals surface area contributed by atoms with Crippen LogP contribution in [0.5, 0.6) is 5.88 Å². The van der Waals surface area contributed by atoms with Crippen LogP contribution in [-0.4, -0.2) is 35.3 Å². The second kappa shape index (κ2) is 6.93. The van der Waals surface area contributed by atoms with Crippen LogP contribution in [0.1, 0.15) is 44.9 Å². The Hall–Kier alpha value is -1.56. The second-order valence-corrected chi connectivity index (χ2v) is 5.83. The number of hydrogen-bond acceptors (Lipinski definition) is 6. The number of nitrogen functional groups attached to an aromatic ring is 1. The molecule has 21 heavy (non-hydrogen) atoms. The lowest BCUT2D eigenvalue weighted by Gasteiger charge is -2.23. The Balaban J connectivity index is 1.60. The van der Waals surface area contributed by atoms with Gasteiger partial charge in [-0.05, 0) is 38.5 Å². The van der Waals surface area contributed by atoms with Crippen molar-refractivity contribution < 1.29 is 9.47 Å². The van der Waals surface area contributed by atoms with E-state index in [-0.39, 0.29) is 12.2 Å². The molecular formula is C15H24N4O2. The van der Waals surface area contributed by atoms with Crippen LogP contribution in [0.15, 0.2) is 6.33 Å². The molecule has 2 aliphatic rings. The number of ether oxygens (including phenoxy) is 2. The van der Waals surface area contributed by atoms with Crippen LogP contribution >= 0.6 is 0 Å². The molecule has 2 heterocycles. The van der Waals surface area contributed by atoms with E-state index in [9.17, 15) is 0 Å². The van der Waals surface area contributed by atoms with E-state index >= 15 is 0 Å². The van der Waals surface area contributed by atoms with Crippen molar-refractivity contribution in [2.24, 2.45) is 0 Å². The number of aromatic nitrogens is 2. The van der Waals surface area contributed by atoms with Crippen molar-refractivity contribution in [3.8, 4) is 5.88 Å². The van der Waals surface area contributed by atoms with Crippen LogP contribution in [0.4, 0.5) is 11.5 Å². The van der Waals surface area contributed by atoms with Gasteiger partial charge in [0.15, 0.2) is 5.82 Å². The summed E-state index contributed by atoms with van der Waals surface area (Å²) in [7, 11) is 0. The molecule has 0 aromatic carbocycles. The van der Waals surface area contributed by atoms with Crippen LogP contribution in [-0.2, 0) is 4.74 Å². The number of anilines is 2. The first-order valence-electron chi connectivity index (χ1n) is 7.95. The topological polar surface area (TPSA) is 82.3 Å². The zero-order valence-corrected chi connectivity index (χ0v) is 12.4. The number of nitrogens with zero attached hydrogens (tertiary/aromatic N) is 2. The van der Waals surface area contributed by atoms with Crippen molar-refractivity contribution in [1.82, 2.24) is 9.97 Å². The Morgan fingerprint density at radius 1 is 1.19 bits per heavy atom. The number of nitrogens with one attached hydrogen (secondary N) is 1. The number of nitrogens with two attached hydrogens (primary N) is 1. The molecule has 0 spiro atoms. The minimum Gasteiger partial charge on any atom is -0.473 e. The minimum atomic E-state index is 0.238. The third-order valence-electron chi connectivity index (χ3n) is 4.20. The maximum Gasteiger partial charge on any atom is 0.242 e. The van der Waals surface area contributed by atoms with E-state index in [1.165, 1.54) is 25.6 Å². The van der Waals surface area contributed by atoms with Crippen molar-refractivity contribution in [3.05, 3.63) is 6.33 Å². The van der Waals surface area contributed by atoms with Gasteiger partial charge in [0.25, 0.3) is 0 Å². The SMILES string of the molecule is Nc1c(NCC2CCCO2)ncnc1OC1CCCCC1. The lowest BCUT2D eigenvalue weighted by atomic mass is 9.98. The molecule has 0 bridgehead atoms. The van der Waals surface area contributed by atoms with E-state index in [0.717, 1.165) is 38.8 Å². The van der Waals surface area contributed by atoms with Gasteiger partial charge in [-0.1, -0.05) is 6.42 Å². The smallest absolute Gasteiger partial charge is 0.242 e. The molecule has 116 valence electrons. The van der Waals surface area contributed by atoms with Crippen molar-refractivity contribution in [1.29, 1.82) is 0 Å². The Labute approximate surface area is 125 Å². The Morgan fingerprint density at radius 2 is 2.05 bits per heavy atom. The summed E-state index contributed by atoms with van der Waals surface area (Å²) in [6.07, 6.45) is 10.1. The molecule has 0 radical (unpaired) electrons. The van der Waals surface area contributed by atoms with Crippen LogP contribution in [0, 0.1) is 0 Å². The average molecular weight is 292 g/mol. The minimum absolute atomic E-state index is 0.238. The zero-order valence-electron chi connectivity index (χ0n) is 12.4. The molecule has 1 saturated heterocycles. The van der Waals surface area contributed by atoms with Crippen molar-refractivity contribution in [2.75, 3.05) is 24.2 Å². The van der Waals surface area contributed by atoms with E-state index in [1.807, 2.05) is 0 Å². The second-order valence-electron chi connectivity index (χ2n) is 5.83. The predicted molar refractivity (Wildman–Crippen MR) is 81.4 cm³/mol. The number of hydrogen-bond donors (Lipinski definition) is 2. The van der Waals surface area contributed by atoms with Gasteiger partial charge in [0, 0.05) is 13.2 Å². The fraction of sp³-hybridized carbons (Fsp3) is 0.733. The summed E-state index contributed by atoms with van der Waals surface area (Å²) in [5.74, 6) is 1.15. The molecule has 3 rings (SSSR count). The normalized spacial score (nSPS) is 23.1. The maximum absolute atomic E-state index is 6.13. The molecule has 6 heteroatoms. The first-order valence-corrected chi connectivity index (χ1v) is 7.95. The van der Waals surface area contributed by atoms with Crippen LogP contribution in [0.25, 0.3) is 0 Å². The van der Waals surface area contributed by atoms with E-state index < -0.39 is 0 Å². The first kappa shape index (κ1) is 14.4. The molecule has 1 atom stereocenters. The van der Waals surface area contributed by atoms with Gasteiger partial charge in [-0.2, -0.15) is 4.98 Å². The predicted octanol–water partition coefficient (Wildman–Crippen LogP) is 2.36. The Kier molecular flexibility index (Phi) is 4.75. The maximum atomic E-state index is 6.13. The molecule has 1 unspecified atom stereocenters. The Bertz CT molecular complexity index is 457. The zero-order chi connectivity index (χ0) is 14.5. The summed E-state index contributed by atoms with van der Waals surface area (Å²) in [6.45, 7) is 1.58. The van der Waals surface area contributed by atoms with Gasteiger partial charge in [-0.25, -0.2) is 4.98 Å². The molecule has 1 aromatic heterocycles. The molecule has 1 aliphatic heterocycles. The molecule has 1 aliphatic carbocycles. The van der Waals surface area contributed by atoms with Gasteiger partial charge in [0.05, 0.1) is 6.10 Å². The molecule has 1 saturated carbocycles. The molecule has 1 aromatic rings. The third-order valence-corrected chi connectivity index (χ3v) is 4.20. The molecule has 6 nitrogen and oxygen atoms in total. The van der Waals surface area contributed by atoms with Gasteiger partial charge < -0.3 is 20.5 Å². The van der Waals surface area contributed by atoms with Crippen LogP contribution < -0.4 is 15.8 Å². The van der Waals surface area contributed by atoms with Crippen LogP contribution in [0.3, 0.4) is 0 Å². The standard InChI is InChI=1S/C15H24N4O2/c16-13-14(17-9-12-7-4-8-20-12)18-10-19-15(13)21-11-5-2-1-3-6-11/h10-12H,1-9,16H2,(H,17,18,19). The van der Waals surface area contributed by atoms with Gasteiger partial charge in [0.2, 0.25) is 5.88 Å². The third kappa shape index (κ3) is 3.75. The van der Waals surface area contributed by atoms with Crippen molar-refractivity contribution >= 4 is 11.5 Å². The highest BCUT2D eigenvalue weighted by Crippen LogP contribution is 2.29. The van der Waals surface area contributed by atoms with Crippen LogP contribution in [0.2, 0.25) is 0 Å².